The van der Waals surface area contributed by atoms with Gasteiger partial charge in [-0.25, -0.2) is 0 Å². The number of hydrazine groups is 1. The van der Waals surface area contributed by atoms with E-state index in [-0.39, 0.29) is 24.2 Å². The monoisotopic (exact) mass is 406 g/mol. The Hall–Kier alpha value is -3.20. The standard InChI is InChI=1S/C20H17F3N2O4/c21-20(22,23)12-29-11-14-7-5-13(6-8-14)9-10-17(26)24-25-18(27)15-3-1-2-4-16(15)19(25)28/h1-8H,9-12H2,(H,24,26). The summed E-state index contributed by atoms with van der Waals surface area (Å²) < 4.78 is 40.8. The maximum atomic E-state index is 12.2. The lowest BCUT2D eigenvalue weighted by molar-refractivity contribution is -0.176. The van der Waals surface area contributed by atoms with Crippen LogP contribution in [0.3, 0.4) is 0 Å². The predicted molar refractivity (Wildman–Crippen MR) is 95.6 cm³/mol. The first-order chi connectivity index (χ1) is 13.7. The van der Waals surface area contributed by atoms with Crippen molar-refractivity contribution in [3.05, 3.63) is 70.8 Å². The van der Waals surface area contributed by atoms with Crippen LogP contribution in [0, 0.1) is 0 Å². The third-order valence-electron chi connectivity index (χ3n) is 4.23. The number of ether oxygens (including phenoxy) is 1. The first kappa shape index (κ1) is 20.5. The minimum atomic E-state index is -4.37. The zero-order valence-corrected chi connectivity index (χ0v) is 15.2. The van der Waals surface area contributed by atoms with Gasteiger partial charge in [-0.1, -0.05) is 36.4 Å². The molecule has 0 fully saturated rings. The van der Waals surface area contributed by atoms with Crippen LogP contribution >= 0.6 is 0 Å². The number of hydrogen-bond donors (Lipinski definition) is 1. The zero-order valence-electron chi connectivity index (χ0n) is 15.2. The van der Waals surface area contributed by atoms with Crippen molar-refractivity contribution in [3.63, 3.8) is 0 Å². The number of aryl methyl sites for hydroxylation is 1. The molecule has 1 aliphatic rings. The maximum Gasteiger partial charge on any atom is 0.411 e. The smallest absolute Gasteiger partial charge is 0.367 e. The second kappa shape index (κ2) is 8.44. The Balaban J connectivity index is 1.48. The summed E-state index contributed by atoms with van der Waals surface area (Å²) in [7, 11) is 0. The molecule has 6 nitrogen and oxygen atoms in total. The average molecular weight is 406 g/mol. The summed E-state index contributed by atoms with van der Waals surface area (Å²) >= 11 is 0. The maximum absolute atomic E-state index is 12.2. The minimum absolute atomic E-state index is 0.0251. The van der Waals surface area contributed by atoms with Crippen molar-refractivity contribution >= 4 is 17.7 Å². The van der Waals surface area contributed by atoms with Crippen molar-refractivity contribution in [1.29, 1.82) is 0 Å². The van der Waals surface area contributed by atoms with Gasteiger partial charge in [0, 0.05) is 6.42 Å². The van der Waals surface area contributed by atoms with Gasteiger partial charge in [-0.3, -0.25) is 19.8 Å². The molecule has 29 heavy (non-hydrogen) atoms. The number of rotatable bonds is 7. The Kier molecular flexibility index (Phi) is 5.97. The molecule has 152 valence electrons. The second-order valence-corrected chi connectivity index (χ2v) is 6.45. The lowest BCUT2D eigenvalue weighted by atomic mass is 10.1. The number of fused-ring (bicyclic) bond motifs is 1. The Morgan fingerprint density at radius 1 is 0.931 bits per heavy atom. The first-order valence-corrected chi connectivity index (χ1v) is 8.74. The lowest BCUT2D eigenvalue weighted by Crippen LogP contribution is -2.45. The van der Waals surface area contributed by atoms with Crippen LogP contribution in [0.1, 0.15) is 38.3 Å². The van der Waals surface area contributed by atoms with Crippen LogP contribution < -0.4 is 5.43 Å². The molecule has 1 aliphatic heterocycles. The molecule has 0 aromatic heterocycles. The van der Waals surface area contributed by atoms with Gasteiger partial charge in [-0.2, -0.15) is 18.2 Å². The first-order valence-electron chi connectivity index (χ1n) is 8.74. The summed E-state index contributed by atoms with van der Waals surface area (Å²) in [4.78, 5) is 36.6. The van der Waals surface area contributed by atoms with Crippen molar-refractivity contribution < 1.29 is 32.3 Å². The van der Waals surface area contributed by atoms with Gasteiger partial charge in [0.1, 0.15) is 6.61 Å². The largest absolute Gasteiger partial charge is 0.411 e. The van der Waals surface area contributed by atoms with E-state index in [0.717, 1.165) is 5.56 Å². The molecule has 0 unspecified atom stereocenters. The Morgan fingerprint density at radius 2 is 1.48 bits per heavy atom. The molecule has 3 rings (SSSR count). The number of alkyl halides is 3. The molecule has 1 N–H and O–H groups in total. The zero-order chi connectivity index (χ0) is 21.0. The second-order valence-electron chi connectivity index (χ2n) is 6.45. The van der Waals surface area contributed by atoms with Gasteiger partial charge in [0.25, 0.3) is 11.8 Å². The summed E-state index contributed by atoms with van der Waals surface area (Å²) in [5.74, 6) is -1.67. The van der Waals surface area contributed by atoms with E-state index in [9.17, 15) is 27.6 Å². The number of carbonyl (C=O) groups is 3. The molecule has 9 heteroatoms. The molecule has 3 amide bonds. The van der Waals surface area contributed by atoms with Gasteiger partial charge in [-0.15, -0.1) is 0 Å². The number of imide groups is 1. The van der Waals surface area contributed by atoms with Crippen LogP contribution in [0.4, 0.5) is 13.2 Å². The molecular weight excluding hydrogens is 389 g/mol. The van der Waals surface area contributed by atoms with Crippen molar-refractivity contribution in [3.8, 4) is 0 Å². The number of carbonyl (C=O) groups excluding carboxylic acids is 3. The Morgan fingerprint density at radius 3 is 2.03 bits per heavy atom. The van der Waals surface area contributed by atoms with E-state index in [4.69, 9.17) is 0 Å². The van der Waals surface area contributed by atoms with Crippen LogP contribution in [0.5, 0.6) is 0 Å². The average Bonchev–Trinajstić information content (AvgIpc) is 2.92. The highest BCUT2D eigenvalue weighted by Crippen LogP contribution is 2.21. The quantitative estimate of drug-likeness (QED) is 0.718. The third-order valence-corrected chi connectivity index (χ3v) is 4.23. The normalized spacial score (nSPS) is 13.6. The van der Waals surface area contributed by atoms with Crippen molar-refractivity contribution in [1.82, 2.24) is 10.4 Å². The molecule has 0 saturated carbocycles. The van der Waals surface area contributed by atoms with Crippen LogP contribution in [-0.2, 0) is 22.6 Å². The number of nitrogens with one attached hydrogen (secondary N) is 1. The number of benzene rings is 2. The van der Waals surface area contributed by atoms with E-state index < -0.39 is 30.5 Å². The SMILES string of the molecule is O=C(CCc1ccc(COCC(F)(F)F)cc1)NN1C(=O)c2ccccc2C1=O. The highest BCUT2D eigenvalue weighted by molar-refractivity contribution is 6.21. The minimum Gasteiger partial charge on any atom is -0.367 e. The van der Waals surface area contributed by atoms with E-state index in [1.54, 1.807) is 36.4 Å². The molecule has 0 spiro atoms. The van der Waals surface area contributed by atoms with Crippen molar-refractivity contribution in [2.75, 3.05) is 6.61 Å². The fraction of sp³-hybridized carbons (Fsp3) is 0.250. The molecule has 2 aromatic rings. The van der Waals surface area contributed by atoms with Crippen molar-refractivity contribution in [2.45, 2.75) is 25.6 Å². The molecular formula is C20H17F3N2O4. The van der Waals surface area contributed by atoms with Crippen LogP contribution in [0.2, 0.25) is 0 Å². The molecule has 2 aromatic carbocycles. The van der Waals surface area contributed by atoms with Gasteiger partial charge in [0.2, 0.25) is 5.91 Å². The van der Waals surface area contributed by atoms with Crippen LogP contribution in [0.25, 0.3) is 0 Å². The number of nitrogens with zero attached hydrogens (tertiary/aromatic N) is 1. The third kappa shape index (κ3) is 5.20. The van der Waals surface area contributed by atoms with Crippen LogP contribution in [0.15, 0.2) is 48.5 Å². The summed E-state index contributed by atoms with van der Waals surface area (Å²) in [6, 6.07) is 12.9. The molecule has 0 atom stereocenters. The van der Waals surface area contributed by atoms with Crippen LogP contribution in [-0.4, -0.2) is 35.5 Å². The highest BCUT2D eigenvalue weighted by atomic mass is 19.4. The Labute approximate surface area is 164 Å². The molecule has 1 heterocycles. The predicted octanol–water partition coefficient (Wildman–Crippen LogP) is 3.03. The summed E-state index contributed by atoms with van der Waals surface area (Å²) in [5, 5.41) is 0.702. The lowest BCUT2D eigenvalue weighted by Gasteiger charge is -2.15. The Bertz CT molecular complexity index is 891. The van der Waals surface area contributed by atoms with E-state index in [2.05, 4.69) is 10.2 Å². The fourth-order valence-corrected chi connectivity index (χ4v) is 2.82. The molecule has 0 bridgehead atoms. The topological polar surface area (TPSA) is 75.7 Å². The fourth-order valence-electron chi connectivity index (χ4n) is 2.82. The van der Waals surface area contributed by atoms with E-state index in [1.807, 2.05) is 0 Å². The van der Waals surface area contributed by atoms with Gasteiger partial charge in [-0.05, 0) is 29.7 Å². The van der Waals surface area contributed by atoms with Gasteiger partial charge < -0.3 is 4.74 Å². The van der Waals surface area contributed by atoms with Gasteiger partial charge in [0.15, 0.2) is 0 Å². The number of hydrogen-bond acceptors (Lipinski definition) is 4. The summed E-state index contributed by atoms with van der Waals surface area (Å²) in [6.45, 7) is -1.48. The van der Waals surface area contributed by atoms with E-state index in [1.165, 1.54) is 12.1 Å². The number of halogens is 3. The molecule has 0 saturated heterocycles. The van der Waals surface area contributed by atoms with Crippen molar-refractivity contribution in [2.24, 2.45) is 0 Å². The highest BCUT2D eigenvalue weighted by Gasteiger charge is 2.36. The van der Waals surface area contributed by atoms with E-state index >= 15 is 0 Å². The molecule has 0 radical (unpaired) electrons. The summed E-state index contributed by atoms with van der Waals surface area (Å²) in [5.41, 5.74) is 4.15. The number of amides is 3. The van der Waals surface area contributed by atoms with Gasteiger partial charge in [0.05, 0.1) is 17.7 Å². The van der Waals surface area contributed by atoms with E-state index in [0.29, 0.717) is 17.0 Å². The summed E-state index contributed by atoms with van der Waals surface area (Å²) in [6.07, 6.45) is -4.01. The molecule has 0 aliphatic carbocycles. The van der Waals surface area contributed by atoms with Gasteiger partial charge >= 0.3 is 6.18 Å².